The number of aliphatic imine (C=N–C) groups is 1. The van der Waals surface area contributed by atoms with Crippen molar-refractivity contribution in [2.45, 2.75) is 45.8 Å². The Kier molecular flexibility index (Phi) is 9.47. The van der Waals surface area contributed by atoms with E-state index in [0.717, 1.165) is 43.4 Å². The first-order valence-electron chi connectivity index (χ1n) is 9.19. The van der Waals surface area contributed by atoms with Crippen LogP contribution < -0.4 is 0 Å². The molecule has 0 aliphatic carbocycles. The molecule has 1 aromatic carbocycles. The van der Waals surface area contributed by atoms with Crippen LogP contribution in [0.2, 0.25) is 0 Å². The van der Waals surface area contributed by atoms with Gasteiger partial charge in [0.25, 0.3) is 0 Å². The minimum absolute atomic E-state index is 0. The van der Waals surface area contributed by atoms with Crippen molar-refractivity contribution in [3.8, 4) is 0 Å². The Bertz CT molecular complexity index is 794. The molecule has 3 nitrogen and oxygen atoms in total. The molecule has 0 bridgehead atoms. The number of rotatable bonds is 5. The molecular weight excluding hydrogens is 361 g/mol. The van der Waals surface area contributed by atoms with Crippen molar-refractivity contribution in [1.82, 2.24) is 9.47 Å². The monoisotopic (exact) mass is 391 g/mol. The van der Waals surface area contributed by atoms with E-state index >= 15 is 0 Å². The summed E-state index contributed by atoms with van der Waals surface area (Å²) in [6.07, 6.45) is 7.57. The van der Waals surface area contributed by atoms with E-state index in [0.29, 0.717) is 0 Å². The normalized spacial score (nSPS) is 14.8. The highest BCUT2D eigenvalue weighted by molar-refractivity contribution is 5.86. The number of hydrogen-bond donors (Lipinski definition) is 0. The second-order valence-electron chi connectivity index (χ2n) is 6.81. The lowest BCUT2D eigenvalue weighted by Crippen LogP contribution is -2.27. The summed E-state index contributed by atoms with van der Waals surface area (Å²) >= 11 is 0. The number of aryl methyl sites for hydroxylation is 1. The van der Waals surface area contributed by atoms with Crippen LogP contribution in [0.5, 0.6) is 0 Å². The highest BCUT2D eigenvalue weighted by atomic mass is 35.5. The van der Waals surface area contributed by atoms with Crippen LogP contribution in [0, 0.1) is 5.82 Å². The second kappa shape index (κ2) is 11.1. The van der Waals surface area contributed by atoms with Crippen LogP contribution in [0.1, 0.15) is 31.5 Å². The number of aromatic nitrogens is 1. The quantitative estimate of drug-likeness (QED) is 0.492. The number of benzene rings is 1. The maximum atomic E-state index is 13.6. The number of fused-ring (bicyclic) bond motifs is 3. The number of nitrogens with zero attached hydrogens (tertiary/aromatic N) is 3. The zero-order chi connectivity index (χ0) is 19.1. The van der Waals surface area contributed by atoms with E-state index in [1.54, 1.807) is 18.2 Å². The molecule has 0 amide bonds. The van der Waals surface area contributed by atoms with E-state index in [2.05, 4.69) is 41.7 Å². The first kappa shape index (κ1) is 23.1. The van der Waals surface area contributed by atoms with E-state index in [4.69, 9.17) is 0 Å². The maximum absolute atomic E-state index is 13.6. The fourth-order valence-corrected chi connectivity index (χ4v) is 3.36. The third kappa shape index (κ3) is 5.78. The molecule has 1 atom stereocenters. The lowest BCUT2D eigenvalue weighted by atomic mass is 10.0. The first-order valence-corrected chi connectivity index (χ1v) is 9.19. The summed E-state index contributed by atoms with van der Waals surface area (Å²) in [5.41, 5.74) is 3.80. The molecule has 1 aromatic heterocycles. The van der Waals surface area contributed by atoms with Gasteiger partial charge >= 0.3 is 0 Å². The molecule has 27 heavy (non-hydrogen) atoms. The Morgan fingerprint density at radius 2 is 2.11 bits per heavy atom. The number of hydrogen-bond acceptors (Lipinski definition) is 2. The molecule has 5 heteroatoms. The van der Waals surface area contributed by atoms with E-state index in [1.165, 1.54) is 11.3 Å². The lowest BCUT2D eigenvalue weighted by molar-refractivity contribution is 0.309. The number of likely N-dealkylation sites (N-methyl/N-ethyl adjacent to an activating group) is 1. The smallest absolute Gasteiger partial charge is 0.123 e. The van der Waals surface area contributed by atoms with Gasteiger partial charge in [-0.05, 0) is 57.8 Å². The molecule has 1 aliphatic rings. The van der Waals surface area contributed by atoms with Crippen molar-refractivity contribution in [3.63, 3.8) is 0 Å². The van der Waals surface area contributed by atoms with Gasteiger partial charge in [-0.1, -0.05) is 24.8 Å². The molecule has 0 spiro atoms. The number of halogens is 2. The van der Waals surface area contributed by atoms with Crippen LogP contribution >= 0.6 is 12.4 Å². The summed E-state index contributed by atoms with van der Waals surface area (Å²) in [5, 5.41) is 1.07. The van der Waals surface area contributed by atoms with E-state index in [1.807, 2.05) is 25.1 Å². The van der Waals surface area contributed by atoms with Gasteiger partial charge in [0.1, 0.15) is 5.82 Å². The summed E-state index contributed by atoms with van der Waals surface area (Å²) in [5.74, 6) is -0.156. The lowest BCUT2D eigenvalue weighted by Gasteiger charge is -2.24. The highest BCUT2D eigenvalue weighted by Crippen LogP contribution is 2.31. The molecule has 2 heterocycles. The van der Waals surface area contributed by atoms with Crippen molar-refractivity contribution in [3.05, 3.63) is 60.1 Å². The molecule has 1 aliphatic heterocycles. The minimum atomic E-state index is -0.156. The Labute approximate surface area is 168 Å². The van der Waals surface area contributed by atoms with Gasteiger partial charge in [0.15, 0.2) is 0 Å². The van der Waals surface area contributed by atoms with Crippen LogP contribution in [0.25, 0.3) is 10.9 Å². The van der Waals surface area contributed by atoms with Crippen molar-refractivity contribution >= 4 is 30.0 Å². The topological polar surface area (TPSA) is 20.5 Å². The fraction of sp³-hybridized carbons (Fsp3) is 0.409. The summed E-state index contributed by atoms with van der Waals surface area (Å²) < 4.78 is 16.0. The molecule has 0 fully saturated rings. The summed E-state index contributed by atoms with van der Waals surface area (Å²) in [7, 11) is 2.12. The van der Waals surface area contributed by atoms with Gasteiger partial charge in [0, 0.05) is 48.7 Å². The summed E-state index contributed by atoms with van der Waals surface area (Å²) in [6, 6.07) is 5.40. The molecule has 0 saturated carbocycles. The van der Waals surface area contributed by atoms with Gasteiger partial charge in [-0.25, -0.2) is 4.39 Å². The summed E-state index contributed by atoms with van der Waals surface area (Å²) in [4.78, 5) is 6.37. The van der Waals surface area contributed by atoms with Crippen LogP contribution in [0.4, 0.5) is 4.39 Å². The number of allylic oxidation sites excluding steroid dienone is 3. The van der Waals surface area contributed by atoms with Crippen LogP contribution in [-0.4, -0.2) is 35.8 Å². The molecule has 0 saturated heterocycles. The van der Waals surface area contributed by atoms with Gasteiger partial charge in [-0.2, -0.15) is 0 Å². The first-order chi connectivity index (χ1) is 12.5. The van der Waals surface area contributed by atoms with Gasteiger partial charge < -0.3 is 9.47 Å². The zero-order valence-corrected chi connectivity index (χ0v) is 17.4. The average molecular weight is 392 g/mol. The third-order valence-corrected chi connectivity index (χ3v) is 4.82. The highest BCUT2D eigenvalue weighted by Gasteiger charge is 2.22. The van der Waals surface area contributed by atoms with Crippen LogP contribution in [-0.2, 0) is 19.5 Å². The van der Waals surface area contributed by atoms with Gasteiger partial charge in [0.05, 0.1) is 0 Å². The standard InChI is InChI=1S/C17H22FN3.C5H8.ClH/c1-12(19-2)6-9-21-16-5-4-13(18)10-14(16)15-11-20(3)8-7-17(15)21;1-3-5-4-2;/h4-5,10,12H,2,6-9,11H2,1,3H3;3-5H,1H2,2H3;1H/b;5-4-;. The zero-order valence-electron chi connectivity index (χ0n) is 16.6. The Balaban J connectivity index is 0.000000542. The van der Waals surface area contributed by atoms with Crippen LogP contribution in [0.3, 0.4) is 0 Å². The predicted molar refractivity (Wildman–Crippen MR) is 118 cm³/mol. The van der Waals surface area contributed by atoms with Crippen molar-refractivity contribution in [1.29, 1.82) is 0 Å². The van der Waals surface area contributed by atoms with E-state index < -0.39 is 0 Å². The van der Waals surface area contributed by atoms with E-state index in [-0.39, 0.29) is 24.3 Å². The maximum Gasteiger partial charge on any atom is 0.123 e. The Hall–Kier alpha value is -1.91. The summed E-state index contributed by atoms with van der Waals surface area (Å²) in [6.45, 7) is 14.0. The molecule has 148 valence electrons. The molecular formula is C22H31ClFN3. The Morgan fingerprint density at radius 1 is 1.37 bits per heavy atom. The molecule has 1 unspecified atom stereocenters. The minimum Gasteiger partial charge on any atom is -0.344 e. The van der Waals surface area contributed by atoms with Gasteiger partial charge in [-0.15, -0.1) is 12.4 Å². The van der Waals surface area contributed by atoms with Crippen molar-refractivity contribution < 1.29 is 4.39 Å². The molecule has 0 radical (unpaired) electrons. The van der Waals surface area contributed by atoms with Crippen molar-refractivity contribution in [2.75, 3.05) is 13.6 Å². The van der Waals surface area contributed by atoms with Crippen molar-refractivity contribution in [2.24, 2.45) is 4.99 Å². The third-order valence-electron chi connectivity index (χ3n) is 4.82. The van der Waals surface area contributed by atoms with Gasteiger partial charge in [-0.3, -0.25) is 4.99 Å². The van der Waals surface area contributed by atoms with Crippen LogP contribution in [0.15, 0.2) is 48.0 Å². The second-order valence-corrected chi connectivity index (χ2v) is 6.81. The molecule has 0 N–H and O–H groups in total. The fourth-order valence-electron chi connectivity index (χ4n) is 3.36. The Morgan fingerprint density at radius 3 is 2.70 bits per heavy atom. The largest absolute Gasteiger partial charge is 0.344 e. The molecule has 3 rings (SSSR count). The van der Waals surface area contributed by atoms with E-state index in [9.17, 15) is 4.39 Å². The average Bonchev–Trinajstić information content (AvgIpc) is 2.93. The SMILES string of the molecule is C=C/C=C\C.C=NC(C)CCn1c2c(c3cc(F)ccc31)CN(C)CC2.Cl. The molecule has 2 aromatic rings. The van der Waals surface area contributed by atoms with Gasteiger partial charge in [0.2, 0.25) is 0 Å². The predicted octanol–water partition coefficient (Wildman–Crippen LogP) is 5.42.